The second-order valence-corrected chi connectivity index (χ2v) is 3.20. The van der Waals surface area contributed by atoms with E-state index in [2.05, 4.69) is 4.84 Å². The van der Waals surface area contributed by atoms with E-state index in [9.17, 15) is 8.78 Å². The first kappa shape index (κ1) is 11.4. The van der Waals surface area contributed by atoms with Crippen molar-refractivity contribution >= 4 is 11.6 Å². The topological polar surface area (TPSA) is 35.2 Å². The molecule has 5 heteroatoms. The Balaban J connectivity index is 2.91. The van der Waals surface area contributed by atoms with E-state index in [1.165, 1.54) is 18.2 Å². The zero-order chi connectivity index (χ0) is 10.6. The van der Waals surface area contributed by atoms with E-state index < -0.39 is 6.43 Å². The molecule has 0 atom stereocenters. The largest absolute Gasteiger partial charge is 0.304 e. The molecule has 78 valence electrons. The second kappa shape index (κ2) is 5.24. The van der Waals surface area contributed by atoms with Crippen molar-refractivity contribution in [1.82, 2.24) is 0 Å². The van der Waals surface area contributed by atoms with Crippen LogP contribution >= 0.6 is 11.6 Å². The SMILES string of the molecule is NOCCc1cc(Cl)ccc1C(F)F. The summed E-state index contributed by atoms with van der Waals surface area (Å²) in [4.78, 5) is 4.33. The lowest BCUT2D eigenvalue weighted by atomic mass is 10.1. The smallest absolute Gasteiger partial charge is 0.264 e. The highest BCUT2D eigenvalue weighted by Crippen LogP contribution is 2.25. The van der Waals surface area contributed by atoms with Gasteiger partial charge in [-0.15, -0.1) is 0 Å². The molecule has 1 aromatic rings. The van der Waals surface area contributed by atoms with Crippen molar-refractivity contribution < 1.29 is 13.6 Å². The van der Waals surface area contributed by atoms with Crippen LogP contribution in [0.15, 0.2) is 18.2 Å². The highest BCUT2D eigenvalue weighted by Gasteiger charge is 2.12. The minimum absolute atomic E-state index is 0.0218. The number of alkyl halides is 2. The van der Waals surface area contributed by atoms with Crippen LogP contribution < -0.4 is 5.90 Å². The van der Waals surface area contributed by atoms with E-state index in [0.717, 1.165) is 0 Å². The van der Waals surface area contributed by atoms with Crippen LogP contribution in [-0.4, -0.2) is 6.61 Å². The third kappa shape index (κ3) is 2.90. The zero-order valence-corrected chi connectivity index (χ0v) is 8.10. The standard InChI is InChI=1S/C9H10ClF2NO/c10-7-1-2-8(9(11)12)6(5-7)3-4-14-13/h1-2,5,9H,3-4,13H2. The van der Waals surface area contributed by atoms with E-state index >= 15 is 0 Å². The number of nitrogens with two attached hydrogens (primary N) is 1. The Morgan fingerprint density at radius 3 is 2.71 bits per heavy atom. The third-order valence-electron chi connectivity index (χ3n) is 1.83. The van der Waals surface area contributed by atoms with Gasteiger partial charge in [-0.3, -0.25) is 0 Å². The molecule has 0 amide bonds. The van der Waals surface area contributed by atoms with Gasteiger partial charge in [0.15, 0.2) is 0 Å². The summed E-state index contributed by atoms with van der Waals surface area (Å²) in [6.07, 6.45) is -2.17. The maximum absolute atomic E-state index is 12.5. The van der Waals surface area contributed by atoms with Gasteiger partial charge in [-0.2, -0.15) is 0 Å². The normalized spacial score (nSPS) is 10.9. The molecule has 0 aliphatic heterocycles. The predicted octanol–water partition coefficient (Wildman–Crippen LogP) is 2.71. The molecule has 0 saturated carbocycles. The Labute approximate surface area is 85.6 Å². The zero-order valence-electron chi connectivity index (χ0n) is 7.34. The van der Waals surface area contributed by atoms with E-state index in [0.29, 0.717) is 17.0 Å². The lowest BCUT2D eigenvalue weighted by Crippen LogP contribution is -2.05. The molecule has 0 bridgehead atoms. The predicted molar refractivity (Wildman–Crippen MR) is 50.3 cm³/mol. The maximum atomic E-state index is 12.5. The summed E-state index contributed by atoms with van der Waals surface area (Å²) >= 11 is 5.68. The molecule has 0 aliphatic rings. The van der Waals surface area contributed by atoms with Gasteiger partial charge in [-0.1, -0.05) is 17.7 Å². The Morgan fingerprint density at radius 1 is 1.43 bits per heavy atom. The number of rotatable bonds is 4. The molecule has 0 aliphatic carbocycles. The summed E-state index contributed by atoms with van der Waals surface area (Å²) in [6.45, 7) is 0.195. The van der Waals surface area contributed by atoms with Crippen LogP contribution in [0.3, 0.4) is 0 Å². The summed E-state index contributed by atoms with van der Waals surface area (Å²) in [5.41, 5.74) is 0.449. The Kier molecular flexibility index (Phi) is 4.25. The summed E-state index contributed by atoms with van der Waals surface area (Å²) in [5.74, 6) is 4.82. The molecule has 1 aromatic carbocycles. The minimum Gasteiger partial charge on any atom is -0.304 e. The molecule has 0 radical (unpaired) electrons. The monoisotopic (exact) mass is 221 g/mol. The fourth-order valence-electron chi connectivity index (χ4n) is 1.17. The van der Waals surface area contributed by atoms with Crippen molar-refractivity contribution in [3.05, 3.63) is 34.3 Å². The summed E-state index contributed by atoms with van der Waals surface area (Å²) in [6, 6.07) is 4.26. The summed E-state index contributed by atoms with van der Waals surface area (Å²) in [5, 5.41) is 0.432. The summed E-state index contributed by atoms with van der Waals surface area (Å²) in [7, 11) is 0. The molecular weight excluding hydrogens is 212 g/mol. The van der Waals surface area contributed by atoms with Gasteiger partial charge in [0.25, 0.3) is 6.43 Å². The quantitative estimate of drug-likeness (QED) is 0.794. The molecule has 2 nitrogen and oxygen atoms in total. The molecule has 1 rings (SSSR count). The Morgan fingerprint density at radius 2 is 2.14 bits per heavy atom. The molecular formula is C9H10ClF2NO. The maximum Gasteiger partial charge on any atom is 0.264 e. The fraction of sp³-hybridized carbons (Fsp3) is 0.333. The van der Waals surface area contributed by atoms with E-state index in [4.69, 9.17) is 17.5 Å². The molecule has 0 fully saturated rings. The van der Waals surface area contributed by atoms with Crippen LogP contribution in [-0.2, 0) is 11.3 Å². The van der Waals surface area contributed by atoms with Crippen molar-refractivity contribution in [2.45, 2.75) is 12.8 Å². The Bertz CT molecular complexity index is 307. The highest BCUT2D eigenvalue weighted by atomic mass is 35.5. The van der Waals surface area contributed by atoms with Gasteiger partial charge in [0.2, 0.25) is 0 Å². The van der Waals surface area contributed by atoms with Gasteiger partial charge in [0.1, 0.15) is 0 Å². The first-order chi connectivity index (χ1) is 6.65. The van der Waals surface area contributed by atoms with Gasteiger partial charge in [-0.25, -0.2) is 14.7 Å². The molecule has 0 unspecified atom stereocenters. The first-order valence-corrected chi connectivity index (χ1v) is 4.41. The Hall–Kier alpha value is -0.710. The van der Waals surface area contributed by atoms with E-state index in [1.54, 1.807) is 0 Å². The van der Waals surface area contributed by atoms with Crippen LogP contribution in [0.25, 0.3) is 0 Å². The molecule has 14 heavy (non-hydrogen) atoms. The third-order valence-corrected chi connectivity index (χ3v) is 2.06. The van der Waals surface area contributed by atoms with Crippen LogP contribution in [0, 0.1) is 0 Å². The van der Waals surface area contributed by atoms with Gasteiger partial charge in [0.05, 0.1) is 6.61 Å². The number of benzene rings is 1. The molecule has 0 heterocycles. The van der Waals surface area contributed by atoms with Crippen molar-refractivity contribution in [2.24, 2.45) is 5.90 Å². The minimum atomic E-state index is -2.50. The average molecular weight is 222 g/mol. The van der Waals surface area contributed by atoms with Gasteiger partial charge in [0, 0.05) is 10.6 Å². The number of hydrogen-bond donors (Lipinski definition) is 1. The fourth-order valence-corrected chi connectivity index (χ4v) is 1.37. The van der Waals surface area contributed by atoms with Crippen LogP contribution in [0.4, 0.5) is 8.78 Å². The van der Waals surface area contributed by atoms with Crippen LogP contribution in [0.5, 0.6) is 0 Å². The first-order valence-electron chi connectivity index (χ1n) is 4.03. The number of hydrogen-bond acceptors (Lipinski definition) is 2. The molecule has 2 N–H and O–H groups in total. The van der Waals surface area contributed by atoms with Crippen molar-refractivity contribution in [1.29, 1.82) is 0 Å². The van der Waals surface area contributed by atoms with Crippen LogP contribution in [0.2, 0.25) is 5.02 Å². The number of halogens is 3. The van der Waals surface area contributed by atoms with E-state index in [-0.39, 0.29) is 12.2 Å². The van der Waals surface area contributed by atoms with Crippen molar-refractivity contribution in [2.75, 3.05) is 6.61 Å². The van der Waals surface area contributed by atoms with Crippen molar-refractivity contribution in [3.8, 4) is 0 Å². The highest BCUT2D eigenvalue weighted by molar-refractivity contribution is 6.30. The molecule has 0 saturated heterocycles. The van der Waals surface area contributed by atoms with Gasteiger partial charge < -0.3 is 4.84 Å². The van der Waals surface area contributed by atoms with Gasteiger partial charge >= 0.3 is 0 Å². The lowest BCUT2D eigenvalue weighted by molar-refractivity contribution is 0.135. The second-order valence-electron chi connectivity index (χ2n) is 2.76. The average Bonchev–Trinajstić information content (AvgIpc) is 2.14. The van der Waals surface area contributed by atoms with Crippen molar-refractivity contribution in [3.63, 3.8) is 0 Å². The molecule has 0 spiro atoms. The van der Waals surface area contributed by atoms with Gasteiger partial charge in [-0.05, 0) is 24.1 Å². The van der Waals surface area contributed by atoms with E-state index in [1.807, 2.05) is 0 Å². The summed E-state index contributed by atoms with van der Waals surface area (Å²) < 4.78 is 24.9. The lowest BCUT2D eigenvalue weighted by Gasteiger charge is -2.08. The molecule has 0 aromatic heterocycles. The van der Waals surface area contributed by atoms with Crippen LogP contribution in [0.1, 0.15) is 17.6 Å².